The fraction of sp³-hybridized carbons (Fsp3) is 0. The molecule has 1 aliphatic carbocycles. The molecule has 0 fully saturated rings. The maximum absolute atomic E-state index is 9.70. The van der Waals surface area contributed by atoms with Gasteiger partial charge in [-0.3, -0.25) is 0 Å². The summed E-state index contributed by atoms with van der Waals surface area (Å²) in [6.07, 6.45) is 0. The lowest BCUT2D eigenvalue weighted by molar-refractivity contribution is 1.32. The van der Waals surface area contributed by atoms with Gasteiger partial charge in [-0.1, -0.05) is 146 Å². The van der Waals surface area contributed by atoms with Crippen molar-refractivity contribution in [1.82, 2.24) is 4.98 Å². The summed E-state index contributed by atoms with van der Waals surface area (Å²) in [5, 5.41) is 12.2. The number of fused-ring (bicyclic) bond motifs is 3. The zero-order valence-electron chi connectivity index (χ0n) is 26.1. The van der Waals surface area contributed by atoms with Crippen LogP contribution in [0, 0.1) is 11.3 Å². The van der Waals surface area contributed by atoms with Crippen molar-refractivity contribution in [3.05, 3.63) is 175 Å². The van der Waals surface area contributed by atoms with E-state index < -0.39 is 0 Å². The van der Waals surface area contributed by atoms with Crippen LogP contribution in [0.25, 0.3) is 88.9 Å². The van der Waals surface area contributed by atoms with Crippen LogP contribution in [0.5, 0.6) is 0 Å². The number of nitrogens with zero attached hydrogens (tertiary/aromatic N) is 2. The molecule has 0 aliphatic heterocycles. The SMILES string of the molecule is N#Cc1cccc(-c2ccc3c4c(ccc(-c5ccc(-c6cc(-c7ccccc7)cc(-c7ccccc7)n6)cc5)c24)-c2ccccc2-3)c1. The summed E-state index contributed by atoms with van der Waals surface area (Å²) < 4.78 is 0. The lowest BCUT2D eigenvalue weighted by Gasteiger charge is -2.16. The Hall–Kier alpha value is -6.56. The van der Waals surface area contributed by atoms with E-state index in [1.165, 1.54) is 38.6 Å². The Bertz CT molecular complexity index is 2450. The topological polar surface area (TPSA) is 36.7 Å². The van der Waals surface area contributed by atoms with Gasteiger partial charge in [0.25, 0.3) is 0 Å². The zero-order chi connectivity index (χ0) is 32.0. The number of benzene rings is 7. The minimum atomic E-state index is 0.657. The summed E-state index contributed by atoms with van der Waals surface area (Å²) in [6, 6.07) is 62.0. The number of hydrogen-bond donors (Lipinski definition) is 0. The van der Waals surface area contributed by atoms with E-state index in [0.717, 1.165) is 50.3 Å². The first kappa shape index (κ1) is 27.7. The number of aromatic nitrogens is 1. The van der Waals surface area contributed by atoms with Gasteiger partial charge >= 0.3 is 0 Å². The molecule has 0 saturated heterocycles. The van der Waals surface area contributed by atoms with E-state index in [9.17, 15) is 5.26 Å². The molecule has 2 nitrogen and oxygen atoms in total. The summed E-state index contributed by atoms with van der Waals surface area (Å²) in [5.74, 6) is 0. The van der Waals surface area contributed by atoms with Crippen molar-refractivity contribution >= 4 is 10.8 Å². The van der Waals surface area contributed by atoms with Crippen molar-refractivity contribution in [3.63, 3.8) is 0 Å². The number of nitriles is 1. The first-order valence-electron chi connectivity index (χ1n) is 16.2. The van der Waals surface area contributed by atoms with Gasteiger partial charge in [-0.2, -0.15) is 5.26 Å². The van der Waals surface area contributed by atoms with Gasteiger partial charge in [0, 0.05) is 11.1 Å². The second-order valence-electron chi connectivity index (χ2n) is 12.2. The van der Waals surface area contributed by atoms with Crippen molar-refractivity contribution < 1.29 is 0 Å². The molecule has 0 saturated carbocycles. The summed E-state index contributed by atoms with van der Waals surface area (Å²) in [6.45, 7) is 0. The number of rotatable bonds is 5. The van der Waals surface area contributed by atoms with E-state index in [1.54, 1.807) is 0 Å². The third-order valence-corrected chi connectivity index (χ3v) is 9.46. The molecule has 48 heavy (non-hydrogen) atoms. The summed E-state index contributed by atoms with van der Waals surface area (Å²) in [5.41, 5.74) is 16.5. The van der Waals surface area contributed by atoms with E-state index in [2.05, 4.69) is 146 Å². The molecule has 0 atom stereocenters. The Morgan fingerprint density at radius 2 is 0.812 bits per heavy atom. The Kier molecular flexibility index (Phi) is 6.56. The van der Waals surface area contributed by atoms with Crippen LogP contribution < -0.4 is 0 Å². The third-order valence-electron chi connectivity index (χ3n) is 9.46. The first-order valence-corrected chi connectivity index (χ1v) is 16.2. The van der Waals surface area contributed by atoms with Gasteiger partial charge in [0.05, 0.1) is 23.0 Å². The van der Waals surface area contributed by atoms with Crippen LogP contribution >= 0.6 is 0 Å². The Balaban J connectivity index is 1.21. The molecular formula is C46H28N2. The van der Waals surface area contributed by atoms with Crippen molar-refractivity contribution in [2.75, 3.05) is 0 Å². The zero-order valence-corrected chi connectivity index (χ0v) is 26.1. The highest BCUT2D eigenvalue weighted by Gasteiger charge is 2.25. The number of hydrogen-bond acceptors (Lipinski definition) is 2. The van der Waals surface area contributed by atoms with Crippen LogP contribution in [0.1, 0.15) is 5.56 Å². The molecule has 7 aromatic carbocycles. The van der Waals surface area contributed by atoms with Crippen LogP contribution in [-0.4, -0.2) is 4.98 Å². The van der Waals surface area contributed by atoms with Gasteiger partial charge in [-0.25, -0.2) is 4.98 Å². The Morgan fingerprint density at radius 3 is 1.44 bits per heavy atom. The predicted octanol–water partition coefficient (Wildman–Crippen LogP) is 12.1. The van der Waals surface area contributed by atoms with Gasteiger partial charge in [-0.05, 0) is 90.7 Å². The quantitative estimate of drug-likeness (QED) is 0.195. The van der Waals surface area contributed by atoms with Crippen molar-refractivity contribution in [3.8, 4) is 84.2 Å². The van der Waals surface area contributed by atoms with Gasteiger partial charge in [0.15, 0.2) is 0 Å². The van der Waals surface area contributed by atoms with Crippen molar-refractivity contribution in [1.29, 1.82) is 5.26 Å². The second kappa shape index (κ2) is 11.4. The molecule has 1 aromatic heterocycles. The van der Waals surface area contributed by atoms with Gasteiger partial charge in [0.1, 0.15) is 0 Å². The van der Waals surface area contributed by atoms with E-state index in [1.807, 2.05) is 30.3 Å². The van der Waals surface area contributed by atoms with Gasteiger partial charge in [0.2, 0.25) is 0 Å². The molecule has 9 rings (SSSR count). The maximum Gasteiger partial charge on any atom is 0.0991 e. The fourth-order valence-corrected chi connectivity index (χ4v) is 7.19. The van der Waals surface area contributed by atoms with Gasteiger partial charge < -0.3 is 0 Å². The number of pyridine rings is 1. The minimum absolute atomic E-state index is 0.657. The average Bonchev–Trinajstić information content (AvgIpc) is 3.50. The molecule has 0 N–H and O–H groups in total. The largest absolute Gasteiger partial charge is 0.248 e. The summed E-state index contributed by atoms with van der Waals surface area (Å²) >= 11 is 0. The lowest BCUT2D eigenvalue weighted by Crippen LogP contribution is -1.92. The molecule has 0 unspecified atom stereocenters. The molecule has 0 spiro atoms. The van der Waals surface area contributed by atoms with Crippen LogP contribution in [0.15, 0.2) is 170 Å². The standard InChI is InChI=1S/C46H28N2/c47-29-30-10-9-15-35(26-30)38-23-25-42-40-17-8-7-16-39(40)41-24-22-37(45(38)46(41)42)32-18-20-34(21-19-32)44-28-36(31-11-3-1-4-12-31)27-43(48-44)33-13-5-2-6-14-33/h1-28H. The van der Waals surface area contributed by atoms with Crippen LogP contribution in [0.2, 0.25) is 0 Å². The van der Waals surface area contributed by atoms with E-state index in [0.29, 0.717) is 5.56 Å². The lowest BCUT2D eigenvalue weighted by atomic mass is 9.88. The molecular weight excluding hydrogens is 581 g/mol. The van der Waals surface area contributed by atoms with Crippen molar-refractivity contribution in [2.45, 2.75) is 0 Å². The molecule has 1 aliphatic rings. The second-order valence-corrected chi connectivity index (χ2v) is 12.2. The third kappa shape index (κ3) is 4.61. The highest BCUT2D eigenvalue weighted by atomic mass is 14.7. The fourth-order valence-electron chi connectivity index (χ4n) is 7.19. The highest BCUT2D eigenvalue weighted by molar-refractivity contribution is 6.22. The molecule has 0 bridgehead atoms. The summed E-state index contributed by atoms with van der Waals surface area (Å²) in [7, 11) is 0. The molecule has 1 heterocycles. The van der Waals surface area contributed by atoms with Crippen LogP contribution in [-0.2, 0) is 0 Å². The van der Waals surface area contributed by atoms with E-state index >= 15 is 0 Å². The predicted molar refractivity (Wildman–Crippen MR) is 198 cm³/mol. The minimum Gasteiger partial charge on any atom is -0.248 e. The summed E-state index contributed by atoms with van der Waals surface area (Å²) in [4.78, 5) is 5.15. The molecule has 0 radical (unpaired) electrons. The van der Waals surface area contributed by atoms with Gasteiger partial charge in [-0.15, -0.1) is 0 Å². The van der Waals surface area contributed by atoms with E-state index in [-0.39, 0.29) is 0 Å². The Labute approximate surface area is 279 Å². The Morgan fingerprint density at radius 1 is 0.333 bits per heavy atom. The molecule has 222 valence electrons. The van der Waals surface area contributed by atoms with Crippen LogP contribution in [0.4, 0.5) is 0 Å². The molecule has 2 heteroatoms. The maximum atomic E-state index is 9.70. The smallest absolute Gasteiger partial charge is 0.0991 e. The average molecular weight is 609 g/mol. The monoisotopic (exact) mass is 608 g/mol. The highest BCUT2D eigenvalue weighted by Crippen LogP contribution is 2.52. The van der Waals surface area contributed by atoms with Crippen molar-refractivity contribution in [2.24, 2.45) is 0 Å². The normalized spacial score (nSPS) is 11.3. The molecule has 8 aromatic rings. The first-order chi connectivity index (χ1) is 23.7. The van der Waals surface area contributed by atoms with Crippen LogP contribution in [0.3, 0.4) is 0 Å². The molecule has 0 amide bonds. The van der Waals surface area contributed by atoms with E-state index in [4.69, 9.17) is 4.98 Å².